The van der Waals surface area contributed by atoms with Crippen molar-refractivity contribution in [2.75, 3.05) is 36.4 Å². The van der Waals surface area contributed by atoms with Gasteiger partial charge < -0.3 is 15.1 Å². The number of nitrogens with zero attached hydrogens (tertiary/aromatic N) is 5. The second kappa shape index (κ2) is 8.64. The van der Waals surface area contributed by atoms with Gasteiger partial charge >= 0.3 is 0 Å². The molecule has 0 bridgehead atoms. The van der Waals surface area contributed by atoms with E-state index in [-0.39, 0.29) is 11.7 Å². The van der Waals surface area contributed by atoms with Crippen molar-refractivity contribution in [2.24, 2.45) is 0 Å². The third kappa shape index (κ3) is 4.48. The summed E-state index contributed by atoms with van der Waals surface area (Å²) in [4.78, 5) is 29.5. The van der Waals surface area contributed by atoms with Crippen LogP contribution in [0.4, 0.5) is 16.2 Å². The van der Waals surface area contributed by atoms with Gasteiger partial charge in [-0.25, -0.2) is 19.3 Å². The summed E-state index contributed by atoms with van der Waals surface area (Å²) >= 11 is 0. The summed E-state index contributed by atoms with van der Waals surface area (Å²) in [5.74, 6) is 0.904. The highest BCUT2D eigenvalue weighted by Gasteiger charge is 2.23. The first-order valence-corrected chi connectivity index (χ1v) is 9.45. The maximum atomic E-state index is 13.8. The van der Waals surface area contributed by atoms with Gasteiger partial charge in [0.15, 0.2) is 0 Å². The van der Waals surface area contributed by atoms with Crippen molar-refractivity contribution in [2.45, 2.75) is 6.54 Å². The quantitative estimate of drug-likeness (QED) is 0.720. The van der Waals surface area contributed by atoms with Crippen LogP contribution in [0.3, 0.4) is 0 Å². The Morgan fingerprint density at radius 2 is 1.72 bits per heavy atom. The molecule has 1 aliphatic rings. The molecule has 2 aromatic heterocycles. The number of aromatic nitrogens is 3. The molecule has 1 amide bonds. The second-order valence-electron chi connectivity index (χ2n) is 6.70. The summed E-state index contributed by atoms with van der Waals surface area (Å²) in [5.41, 5.74) is 1.10. The number of carbonyl (C=O) groups excluding carboxylic acids is 1. The third-order valence-corrected chi connectivity index (χ3v) is 4.83. The average Bonchev–Trinajstić information content (AvgIpc) is 2.79. The minimum absolute atomic E-state index is 0.0463. The fourth-order valence-corrected chi connectivity index (χ4v) is 3.23. The Balaban J connectivity index is 1.37. The van der Waals surface area contributed by atoms with Crippen molar-refractivity contribution < 1.29 is 9.18 Å². The lowest BCUT2D eigenvalue weighted by atomic mass is 10.2. The van der Waals surface area contributed by atoms with Crippen LogP contribution in [0.25, 0.3) is 0 Å². The molecule has 148 valence electrons. The molecule has 1 aromatic carbocycles. The molecule has 0 radical (unpaired) electrons. The zero-order valence-corrected chi connectivity index (χ0v) is 15.8. The highest BCUT2D eigenvalue weighted by molar-refractivity contribution is 5.95. The zero-order chi connectivity index (χ0) is 20.1. The Kier molecular flexibility index (Phi) is 5.60. The number of halogens is 1. The smallest absolute Gasteiger partial charge is 0.254 e. The van der Waals surface area contributed by atoms with E-state index in [4.69, 9.17) is 0 Å². The molecular formula is C21H21FN6O. The predicted molar refractivity (Wildman–Crippen MR) is 108 cm³/mol. The number of hydrogen-bond acceptors (Lipinski definition) is 6. The van der Waals surface area contributed by atoms with Crippen LogP contribution in [0.2, 0.25) is 0 Å². The molecule has 4 rings (SSSR count). The number of rotatable bonds is 5. The van der Waals surface area contributed by atoms with Gasteiger partial charge in [-0.3, -0.25) is 4.79 Å². The summed E-state index contributed by atoms with van der Waals surface area (Å²) in [7, 11) is 0. The Hall–Kier alpha value is -3.55. The Morgan fingerprint density at radius 1 is 0.966 bits per heavy atom. The van der Waals surface area contributed by atoms with Crippen LogP contribution in [0.5, 0.6) is 0 Å². The van der Waals surface area contributed by atoms with Crippen molar-refractivity contribution >= 4 is 17.7 Å². The van der Waals surface area contributed by atoms with Crippen LogP contribution < -0.4 is 10.2 Å². The summed E-state index contributed by atoms with van der Waals surface area (Å²) < 4.78 is 13.8. The lowest BCUT2D eigenvalue weighted by Crippen LogP contribution is -2.49. The normalized spacial score (nSPS) is 14.0. The molecule has 7 nitrogen and oxygen atoms in total. The molecule has 1 fully saturated rings. The van der Waals surface area contributed by atoms with Crippen LogP contribution >= 0.6 is 0 Å². The standard InChI is InChI=1S/C21H21FN6O/c22-18-5-2-1-4-17(18)15-26-19-14-16(6-9-23-19)20(29)27-10-12-28(13-11-27)21-24-7-3-8-25-21/h1-9,14H,10-13,15H2,(H,23,26). The maximum absolute atomic E-state index is 13.8. The fraction of sp³-hybridized carbons (Fsp3) is 0.238. The first kappa shape index (κ1) is 18.8. The minimum Gasteiger partial charge on any atom is -0.366 e. The van der Waals surface area contributed by atoms with E-state index in [0.717, 1.165) is 0 Å². The topological polar surface area (TPSA) is 74.2 Å². The van der Waals surface area contributed by atoms with Gasteiger partial charge in [0.05, 0.1) is 0 Å². The van der Waals surface area contributed by atoms with E-state index in [2.05, 4.69) is 25.2 Å². The number of piperazine rings is 1. The molecule has 3 heterocycles. The molecule has 0 saturated carbocycles. The number of nitrogens with one attached hydrogen (secondary N) is 1. The van der Waals surface area contributed by atoms with Crippen LogP contribution in [-0.4, -0.2) is 51.9 Å². The molecular weight excluding hydrogens is 371 g/mol. The molecule has 1 N–H and O–H groups in total. The van der Waals surface area contributed by atoms with E-state index in [1.54, 1.807) is 55.0 Å². The van der Waals surface area contributed by atoms with E-state index in [1.807, 2.05) is 4.90 Å². The van der Waals surface area contributed by atoms with Gasteiger partial charge in [-0.15, -0.1) is 0 Å². The predicted octanol–water partition coefficient (Wildman–Crippen LogP) is 2.59. The van der Waals surface area contributed by atoms with Gasteiger partial charge in [-0.1, -0.05) is 18.2 Å². The third-order valence-electron chi connectivity index (χ3n) is 4.83. The van der Waals surface area contributed by atoms with E-state index in [1.165, 1.54) is 6.07 Å². The molecule has 1 saturated heterocycles. The molecule has 0 unspecified atom stereocenters. The number of benzene rings is 1. The highest BCUT2D eigenvalue weighted by atomic mass is 19.1. The summed E-state index contributed by atoms with van der Waals surface area (Å²) in [6, 6.07) is 11.8. The van der Waals surface area contributed by atoms with E-state index in [9.17, 15) is 9.18 Å². The van der Waals surface area contributed by atoms with Crippen LogP contribution in [-0.2, 0) is 6.54 Å². The molecule has 0 spiro atoms. The second-order valence-corrected chi connectivity index (χ2v) is 6.70. The van der Waals surface area contributed by atoms with Gasteiger partial charge in [-0.2, -0.15) is 0 Å². The van der Waals surface area contributed by atoms with Crippen molar-refractivity contribution in [3.05, 3.63) is 78.0 Å². The molecule has 3 aromatic rings. The minimum atomic E-state index is -0.271. The SMILES string of the molecule is O=C(c1ccnc(NCc2ccccc2F)c1)N1CCN(c2ncccn2)CC1. The van der Waals surface area contributed by atoms with Crippen LogP contribution in [0.1, 0.15) is 15.9 Å². The molecule has 29 heavy (non-hydrogen) atoms. The highest BCUT2D eigenvalue weighted by Crippen LogP contribution is 2.15. The van der Waals surface area contributed by atoms with Crippen molar-refractivity contribution in [3.8, 4) is 0 Å². The van der Waals surface area contributed by atoms with Gasteiger partial charge in [-0.05, 0) is 24.3 Å². The van der Waals surface area contributed by atoms with Gasteiger partial charge in [0.2, 0.25) is 5.95 Å². The monoisotopic (exact) mass is 392 g/mol. The molecule has 0 aliphatic carbocycles. The van der Waals surface area contributed by atoms with Crippen LogP contribution in [0.15, 0.2) is 61.1 Å². The number of pyridine rings is 1. The average molecular weight is 392 g/mol. The lowest BCUT2D eigenvalue weighted by molar-refractivity contribution is 0.0746. The number of carbonyl (C=O) groups is 1. The summed E-state index contributed by atoms with van der Waals surface area (Å²) in [6.45, 7) is 2.85. The van der Waals surface area contributed by atoms with E-state index < -0.39 is 0 Å². The number of anilines is 2. The first-order chi connectivity index (χ1) is 14.2. The first-order valence-electron chi connectivity index (χ1n) is 9.45. The van der Waals surface area contributed by atoms with Crippen LogP contribution in [0, 0.1) is 5.82 Å². The molecule has 1 aliphatic heterocycles. The fourth-order valence-electron chi connectivity index (χ4n) is 3.23. The van der Waals surface area contributed by atoms with E-state index >= 15 is 0 Å². The Morgan fingerprint density at radius 3 is 2.48 bits per heavy atom. The molecule has 8 heteroatoms. The largest absolute Gasteiger partial charge is 0.366 e. The lowest BCUT2D eigenvalue weighted by Gasteiger charge is -2.34. The van der Waals surface area contributed by atoms with Crippen molar-refractivity contribution in [1.29, 1.82) is 0 Å². The maximum Gasteiger partial charge on any atom is 0.254 e. The number of amides is 1. The van der Waals surface area contributed by atoms with Crippen molar-refractivity contribution in [3.63, 3.8) is 0 Å². The summed E-state index contributed by atoms with van der Waals surface area (Å²) in [6.07, 6.45) is 5.02. The number of hydrogen-bond donors (Lipinski definition) is 1. The Bertz CT molecular complexity index is 976. The summed E-state index contributed by atoms with van der Waals surface area (Å²) in [5, 5.41) is 3.08. The van der Waals surface area contributed by atoms with Gasteiger partial charge in [0, 0.05) is 62.4 Å². The molecule has 0 atom stereocenters. The van der Waals surface area contributed by atoms with E-state index in [0.29, 0.717) is 55.6 Å². The van der Waals surface area contributed by atoms with Gasteiger partial charge in [0.25, 0.3) is 5.91 Å². The Labute approximate surface area is 168 Å². The van der Waals surface area contributed by atoms with Crippen molar-refractivity contribution in [1.82, 2.24) is 19.9 Å². The zero-order valence-electron chi connectivity index (χ0n) is 15.8. The van der Waals surface area contributed by atoms with Gasteiger partial charge in [0.1, 0.15) is 11.6 Å².